The van der Waals surface area contributed by atoms with E-state index < -0.39 is 0 Å². The Kier molecular flexibility index (Phi) is 19.7. The molecule has 0 aliphatic carbocycles. The van der Waals surface area contributed by atoms with Crippen LogP contribution >= 0.6 is 0 Å². The molecule has 0 aromatic carbocycles. The molecule has 0 aliphatic rings. The lowest BCUT2D eigenvalue weighted by atomic mass is 10.3. The molecule has 14 heteroatoms. The van der Waals surface area contributed by atoms with Crippen molar-refractivity contribution in [1.82, 2.24) is 31.3 Å². The molecule has 14 nitrogen and oxygen atoms in total. The van der Waals surface area contributed by atoms with E-state index in [4.69, 9.17) is 22.9 Å². The molecule has 0 rings (SSSR count). The van der Waals surface area contributed by atoms with Crippen LogP contribution in [0.3, 0.4) is 0 Å². The first kappa shape index (κ1) is 31.6. The van der Waals surface area contributed by atoms with E-state index in [0.29, 0.717) is 78.5 Å². The molecule has 12 N–H and O–H groups in total. The number of hydrazine groups is 1. The molecule has 198 valence electrons. The van der Waals surface area contributed by atoms with Gasteiger partial charge in [0.15, 0.2) is 0 Å². The fourth-order valence-electron chi connectivity index (χ4n) is 2.91. The molecule has 4 amide bonds. The summed E-state index contributed by atoms with van der Waals surface area (Å²) in [5, 5.41) is 14.5. The smallest absolute Gasteiger partial charge is 0.221 e. The molecule has 0 unspecified atom stereocenters. The number of hydrogen-bond acceptors (Lipinski definition) is 10. The monoisotopic (exact) mass is 488 g/mol. The van der Waals surface area contributed by atoms with Gasteiger partial charge in [0.1, 0.15) is 0 Å². The Morgan fingerprint density at radius 2 is 0.647 bits per heavy atom. The maximum absolute atomic E-state index is 12.1. The van der Waals surface area contributed by atoms with E-state index in [1.807, 2.05) is 10.0 Å². The summed E-state index contributed by atoms with van der Waals surface area (Å²) in [6.45, 7) is 4.00. The zero-order valence-corrected chi connectivity index (χ0v) is 20.2. The minimum absolute atomic E-state index is 0.166. The van der Waals surface area contributed by atoms with Crippen LogP contribution in [-0.2, 0) is 19.2 Å². The van der Waals surface area contributed by atoms with Crippen molar-refractivity contribution in [1.29, 1.82) is 0 Å². The van der Waals surface area contributed by atoms with Crippen molar-refractivity contribution in [2.24, 2.45) is 22.9 Å². The SMILES string of the molecule is NCCNC(=O)CCN(CCC(=O)NCCN)N(CCC(=O)NCCN)CCC(=O)NCCN. The van der Waals surface area contributed by atoms with E-state index in [1.165, 1.54) is 0 Å². The number of hydrogen-bond donors (Lipinski definition) is 8. The molecule has 0 bridgehead atoms. The molecule has 0 aliphatic heterocycles. The highest BCUT2D eigenvalue weighted by Gasteiger charge is 2.20. The summed E-state index contributed by atoms with van der Waals surface area (Å²) in [6, 6.07) is 0. The lowest BCUT2D eigenvalue weighted by molar-refractivity contribution is -0.129. The van der Waals surface area contributed by atoms with Crippen molar-refractivity contribution in [2.75, 3.05) is 78.5 Å². The Hall–Kier alpha value is -2.36. The molecule has 0 heterocycles. The van der Waals surface area contributed by atoms with Gasteiger partial charge in [0.05, 0.1) is 0 Å². The standard InChI is InChI=1S/C20H44N10O4/c21-5-9-25-17(31)1-13-29(14-2-18(32)26-10-6-22)30(15-3-19(33)27-11-7-23)16-4-20(34)28-12-8-24/h1-16,21-24H2,(H,25,31)(H,26,32)(H,27,33)(H,28,34). The number of carbonyl (C=O) groups is 4. The first-order valence-corrected chi connectivity index (χ1v) is 11.7. The van der Waals surface area contributed by atoms with Crippen LogP contribution in [0.1, 0.15) is 25.7 Å². The number of nitrogens with zero attached hydrogens (tertiary/aromatic N) is 2. The molecule has 34 heavy (non-hydrogen) atoms. The number of nitrogens with two attached hydrogens (primary N) is 4. The second-order valence-electron chi connectivity index (χ2n) is 7.46. The summed E-state index contributed by atoms with van der Waals surface area (Å²) in [5.74, 6) is -0.706. The maximum Gasteiger partial charge on any atom is 0.221 e. The van der Waals surface area contributed by atoms with Crippen LogP contribution in [0.4, 0.5) is 0 Å². The summed E-state index contributed by atoms with van der Waals surface area (Å²) in [5.41, 5.74) is 21.7. The zero-order chi connectivity index (χ0) is 25.6. The summed E-state index contributed by atoms with van der Waals surface area (Å²) < 4.78 is 0. The summed E-state index contributed by atoms with van der Waals surface area (Å²) >= 11 is 0. The molecule has 0 aromatic heterocycles. The number of amides is 4. The second kappa shape index (κ2) is 21.2. The summed E-state index contributed by atoms with van der Waals surface area (Å²) in [4.78, 5) is 48.5. The van der Waals surface area contributed by atoms with E-state index >= 15 is 0 Å². The average molecular weight is 489 g/mol. The Labute approximate surface area is 201 Å². The van der Waals surface area contributed by atoms with Gasteiger partial charge in [-0.2, -0.15) is 0 Å². The van der Waals surface area contributed by atoms with Gasteiger partial charge in [0, 0.05) is 104 Å². The number of rotatable bonds is 21. The molecule has 0 spiro atoms. The van der Waals surface area contributed by atoms with Gasteiger partial charge in [0.25, 0.3) is 0 Å². The van der Waals surface area contributed by atoms with E-state index in [9.17, 15) is 19.2 Å². The Morgan fingerprint density at radius 1 is 0.441 bits per heavy atom. The largest absolute Gasteiger partial charge is 0.355 e. The Balaban J connectivity index is 5.27. The highest BCUT2D eigenvalue weighted by atomic mass is 16.2. The zero-order valence-electron chi connectivity index (χ0n) is 20.2. The van der Waals surface area contributed by atoms with Gasteiger partial charge in [-0.25, -0.2) is 10.0 Å². The predicted molar refractivity (Wildman–Crippen MR) is 130 cm³/mol. The molecule has 0 saturated carbocycles. The van der Waals surface area contributed by atoms with Gasteiger partial charge in [-0.1, -0.05) is 0 Å². The lowest BCUT2D eigenvalue weighted by Crippen LogP contribution is -2.49. The highest BCUT2D eigenvalue weighted by molar-refractivity contribution is 5.77. The molecule has 0 radical (unpaired) electrons. The first-order valence-electron chi connectivity index (χ1n) is 11.7. The third-order valence-corrected chi connectivity index (χ3v) is 4.65. The maximum atomic E-state index is 12.1. The van der Waals surface area contributed by atoms with Gasteiger partial charge in [-0.15, -0.1) is 0 Å². The minimum Gasteiger partial charge on any atom is -0.355 e. The summed E-state index contributed by atoms with van der Waals surface area (Å²) in [6.07, 6.45) is 0.665. The van der Waals surface area contributed by atoms with E-state index in [2.05, 4.69) is 21.3 Å². The normalized spacial score (nSPS) is 10.9. The van der Waals surface area contributed by atoms with Gasteiger partial charge < -0.3 is 44.2 Å². The van der Waals surface area contributed by atoms with Crippen molar-refractivity contribution in [3.05, 3.63) is 0 Å². The van der Waals surface area contributed by atoms with Crippen LogP contribution in [0, 0.1) is 0 Å². The van der Waals surface area contributed by atoms with Crippen molar-refractivity contribution < 1.29 is 19.2 Å². The quantitative estimate of drug-likeness (QED) is 0.0720. The van der Waals surface area contributed by atoms with E-state index in [-0.39, 0.29) is 49.3 Å². The minimum atomic E-state index is -0.177. The third-order valence-electron chi connectivity index (χ3n) is 4.65. The van der Waals surface area contributed by atoms with Crippen molar-refractivity contribution in [2.45, 2.75) is 25.7 Å². The van der Waals surface area contributed by atoms with E-state index in [1.54, 1.807) is 0 Å². The topological polar surface area (TPSA) is 227 Å². The third kappa shape index (κ3) is 17.2. The van der Waals surface area contributed by atoms with Crippen LogP contribution in [-0.4, -0.2) is 112 Å². The molecular formula is C20H44N10O4. The Bertz CT molecular complexity index is 496. The van der Waals surface area contributed by atoms with Crippen molar-refractivity contribution >= 4 is 23.6 Å². The number of carbonyl (C=O) groups excluding carboxylic acids is 4. The highest BCUT2D eigenvalue weighted by Crippen LogP contribution is 2.06. The molecule has 0 fully saturated rings. The van der Waals surface area contributed by atoms with Crippen LogP contribution in [0.2, 0.25) is 0 Å². The molecule has 0 aromatic rings. The van der Waals surface area contributed by atoms with Crippen molar-refractivity contribution in [3.8, 4) is 0 Å². The lowest BCUT2D eigenvalue weighted by Gasteiger charge is -2.35. The van der Waals surface area contributed by atoms with Crippen LogP contribution in [0.5, 0.6) is 0 Å². The van der Waals surface area contributed by atoms with Gasteiger partial charge >= 0.3 is 0 Å². The predicted octanol–water partition coefficient (Wildman–Crippen LogP) is -4.63. The fourth-order valence-corrected chi connectivity index (χ4v) is 2.91. The number of nitrogens with one attached hydrogen (secondary N) is 4. The van der Waals surface area contributed by atoms with Gasteiger partial charge in [0.2, 0.25) is 23.6 Å². The van der Waals surface area contributed by atoms with Gasteiger partial charge in [-0.3, -0.25) is 19.2 Å². The molecule has 0 atom stereocenters. The summed E-state index contributed by atoms with van der Waals surface area (Å²) in [7, 11) is 0. The first-order chi connectivity index (χ1) is 16.4. The molecular weight excluding hydrogens is 444 g/mol. The van der Waals surface area contributed by atoms with Crippen LogP contribution in [0.15, 0.2) is 0 Å². The van der Waals surface area contributed by atoms with Crippen LogP contribution < -0.4 is 44.2 Å². The fraction of sp³-hybridized carbons (Fsp3) is 0.800. The van der Waals surface area contributed by atoms with E-state index in [0.717, 1.165) is 0 Å². The van der Waals surface area contributed by atoms with Crippen molar-refractivity contribution in [3.63, 3.8) is 0 Å². The average Bonchev–Trinajstić information content (AvgIpc) is 2.83. The van der Waals surface area contributed by atoms with Crippen LogP contribution in [0.25, 0.3) is 0 Å². The second-order valence-corrected chi connectivity index (χ2v) is 7.46. The van der Waals surface area contributed by atoms with Gasteiger partial charge in [-0.05, 0) is 0 Å². The molecule has 0 saturated heterocycles. The Morgan fingerprint density at radius 3 is 0.824 bits per heavy atom.